The van der Waals surface area contributed by atoms with E-state index in [0.29, 0.717) is 30.4 Å². The minimum Gasteiger partial charge on any atom is -0.475 e. The van der Waals surface area contributed by atoms with Crippen molar-refractivity contribution in [2.24, 2.45) is 0 Å². The third-order valence-corrected chi connectivity index (χ3v) is 6.98. The molecule has 44 heavy (non-hydrogen) atoms. The molecule has 0 aliphatic heterocycles. The highest BCUT2D eigenvalue weighted by Crippen LogP contribution is 2.26. The normalized spacial score (nSPS) is 11.1. The number of nitrogens with one attached hydrogen (secondary N) is 1. The first-order valence-corrected chi connectivity index (χ1v) is 16.6. The van der Waals surface area contributed by atoms with Crippen LogP contribution in [0.2, 0.25) is 0 Å². The van der Waals surface area contributed by atoms with Crippen molar-refractivity contribution >= 4 is 35.2 Å². The van der Waals surface area contributed by atoms with Crippen molar-refractivity contribution in [2.75, 3.05) is 52.5 Å². The molecule has 1 amide bonds. The van der Waals surface area contributed by atoms with Gasteiger partial charge in [-0.15, -0.1) is 4.37 Å². The Labute approximate surface area is 268 Å². The molecule has 2 aromatic heterocycles. The Kier molecular flexibility index (Phi) is 21.5. The van der Waals surface area contributed by atoms with Gasteiger partial charge in [0.25, 0.3) is 5.88 Å². The number of nitrogens with zero attached hydrogens (tertiary/aromatic N) is 5. The van der Waals surface area contributed by atoms with Gasteiger partial charge in [0.15, 0.2) is 0 Å². The van der Waals surface area contributed by atoms with Crippen LogP contribution >= 0.6 is 11.7 Å². The summed E-state index contributed by atoms with van der Waals surface area (Å²) >= 11 is 1.15. The van der Waals surface area contributed by atoms with Gasteiger partial charge in [-0.05, 0) is 45.0 Å². The molecular formula is C32H54N6O5S. The lowest BCUT2D eigenvalue weighted by Crippen LogP contribution is -2.33. The van der Waals surface area contributed by atoms with Crippen molar-refractivity contribution in [3.05, 3.63) is 35.7 Å². The largest absolute Gasteiger partial charge is 0.475 e. The van der Waals surface area contributed by atoms with E-state index in [1.807, 2.05) is 25.8 Å². The molecule has 0 saturated carbocycles. The van der Waals surface area contributed by atoms with Crippen LogP contribution in [-0.4, -0.2) is 78.3 Å². The first-order chi connectivity index (χ1) is 21.4. The lowest BCUT2D eigenvalue weighted by molar-refractivity contribution is -0.143. The second kappa shape index (κ2) is 24.3. The highest BCUT2D eigenvalue weighted by molar-refractivity contribution is 6.99. The van der Waals surface area contributed by atoms with Crippen LogP contribution in [-0.2, 0) is 20.9 Å². The van der Waals surface area contributed by atoms with Gasteiger partial charge < -0.3 is 19.5 Å². The lowest BCUT2D eigenvalue weighted by atomic mass is 10.1. The van der Waals surface area contributed by atoms with Crippen LogP contribution in [0.5, 0.6) is 5.88 Å². The second-order valence-electron chi connectivity index (χ2n) is 10.2. The molecule has 0 fully saturated rings. The average molecular weight is 635 g/mol. The van der Waals surface area contributed by atoms with E-state index in [2.05, 4.69) is 39.0 Å². The fraction of sp³-hybridized carbons (Fsp3) is 0.656. The zero-order valence-electron chi connectivity index (χ0n) is 27.9. The number of amides is 1. The van der Waals surface area contributed by atoms with Crippen molar-refractivity contribution in [3.63, 3.8) is 0 Å². The van der Waals surface area contributed by atoms with E-state index in [0.717, 1.165) is 48.7 Å². The smallest absolute Gasteiger partial charge is 0.416 e. The molecule has 0 saturated heterocycles. The van der Waals surface area contributed by atoms with Gasteiger partial charge in [-0.3, -0.25) is 14.6 Å². The van der Waals surface area contributed by atoms with Gasteiger partial charge in [-0.25, -0.2) is 9.78 Å². The lowest BCUT2D eigenvalue weighted by Gasteiger charge is -2.22. The number of unbranched alkanes of at least 4 members (excludes halogenated alkanes) is 7. The van der Waals surface area contributed by atoms with Crippen molar-refractivity contribution in [3.8, 4) is 5.88 Å². The van der Waals surface area contributed by atoms with Crippen molar-refractivity contribution < 1.29 is 23.8 Å². The number of likely N-dealkylation sites (N-methyl/N-ethyl adjacent to an activating group) is 2. The number of esters is 1. The van der Waals surface area contributed by atoms with Gasteiger partial charge >= 0.3 is 12.1 Å². The number of hydrogen-bond acceptors (Lipinski definition) is 11. The predicted molar refractivity (Wildman–Crippen MR) is 178 cm³/mol. The van der Waals surface area contributed by atoms with Crippen molar-refractivity contribution in [1.82, 2.24) is 23.9 Å². The Morgan fingerprint density at radius 1 is 1.00 bits per heavy atom. The summed E-state index contributed by atoms with van der Waals surface area (Å²) in [5.74, 6) is 0.539. The highest BCUT2D eigenvalue weighted by atomic mass is 32.1. The third kappa shape index (κ3) is 15.1. The van der Waals surface area contributed by atoms with Crippen LogP contribution in [0.1, 0.15) is 96.7 Å². The Bertz CT molecular complexity index is 1100. The number of anilines is 1. The molecule has 0 aliphatic carbocycles. The zero-order chi connectivity index (χ0) is 32.6. The van der Waals surface area contributed by atoms with Gasteiger partial charge in [0.05, 0.1) is 24.9 Å². The van der Waals surface area contributed by atoms with Crippen LogP contribution in [0.15, 0.2) is 24.4 Å². The first-order valence-electron chi connectivity index (χ1n) is 15.9. The number of pyridine rings is 1. The third-order valence-electron chi connectivity index (χ3n) is 6.47. The number of hydrogen-bond donors (Lipinski definition) is 1. The maximum atomic E-state index is 12.9. The van der Waals surface area contributed by atoms with E-state index < -0.39 is 12.1 Å². The Hall–Kier alpha value is -3.09. The van der Waals surface area contributed by atoms with Crippen LogP contribution in [0.25, 0.3) is 5.57 Å². The Morgan fingerprint density at radius 2 is 1.73 bits per heavy atom. The first kappa shape index (κ1) is 38.9. The number of carbonyl (C=O) groups excluding carboxylic acids is 2. The molecule has 2 heterocycles. The summed E-state index contributed by atoms with van der Waals surface area (Å²) in [5, 5.41) is 2.75. The van der Waals surface area contributed by atoms with E-state index >= 15 is 0 Å². The summed E-state index contributed by atoms with van der Waals surface area (Å²) in [6.07, 6.45) is 13.3. The second-order valence-corrected chi connectivity index (χ2v) is 10.7. The minimum atomic E-state index is -0.570. The van der Waals surface area contributed by atoms with Crippen LogP contribution < -0.4 is 15.0 Å². The molecule has 0 bridgehead atoms. The summed E-state index contributed by atoms with van der Waals surface area (Å²) in [6, 6.07) is 3.48. The zero-order valence-corrected chi connectivity index (χ0v) is 28.7. The molecule has 0 spiro atoms. The van der Waals surface area contributed by atoms with E-state index in [-0.39, 0.29) is 19.9 Å². The van der Waals surface area contributed by atoms with Gasteiger partial charge in [0.2, 0.25) is 0 Å². The molecule has 12 heteroatoms. The minimum absolute atomic E-state index is 0.00168. The van der Waals surface area contributed by atoms with Crippen LogP contribution in [0, 0.1) is 0 Å². The van der Waals surface area contributed by atoms with Gasteiger partial charge in [0.1, 0.15) is 24.8 Å². The molecule has 2 rings (SSSR count). The molecule has 11 nitrogen and oxygen atoms in total. The average Bonchev–Trinajstić information content (AvgIpc) is 3.51. The molecule has 0 aliphatic rings. The molecular weight excluding hydrogens is 580 g/mol. The molecule has 2 aromatic rings. The molecule has 0 unspecified atom stereocenters. The molecule has 248 valence electrons. The molecule has 0 aromatic carbocycles. The summed E-state index contributed by atoms with van der Waals surface area (Å²) in [4.78, 5) is 32.2. The number of allylic oxidation sites excluding steroid dienone is 1. The van der Waals surface area contributed by atoms with Crippen molar-refractivity contribution in [1.29, 1.82) is 0 Å². The quantitative estimate of drug-likeness (QED) is 0.0903. The molecule has 0 atom stereocenters. The standard InChI is InChI=1S/C30H48N6O5S.C2H6/c1-6-8-10-12-13-16-24(27-29(34-42-33-27)39-19-14-11-9-7-2)21-35(4)23-41-30(38)36(5)28-25(17-15-18-32-28)22-40-26(37)20-31-3;1-2/h15-18,31H,6-14,19-23H2,1-5H3;1-2H3/b24-16+;. The number of aromatic nitrogens is 3. The van der Waals surface area contributed by atoms with E-state index in [1.165, 1.54) is 37.0 Å². The van der Waals surface area contributed by atoms with Crippen molar-refractivity contribution in [2.45, 2.75) is 92.1 Å². The Balaban J connectivity index is 0.00000474. The highest BCUT2D eigenvalue weighted by Gasteiger charge is 2.20. The maximum absolute atomic E-state index is 12.9. The summed E-state index contributed by atoms with van der Waals surface area (Å²) in [6.45, 7) is 9.67. The molecule has 0 radical (unpaired) electrons. The van der Waals surface area contributed by atoms with Gasteiger partial charge in [-0.2, -0.15) is 4.37 Å². The predicted octanol–water partition coefficient (Wildman–Crippen LogP) is 6.70. The Morgan fingerprint density at radius 3 is 2.43 bits per heavy atom. The monoisotopic (exact) mass is 634 g/mol. The summed E-state index contributed by atoms with van der Waals surface area (Å²) in [5.41, 5.74) is 2.36. The number of ether oxygens (including phenoxy) is 3. The van der Waals surface area contributed by atoms with Gasteiger partial charge in [0, 0.05) is 25.4 Å². The maximum Gasteiger partial charge on any atom is 0.416 e. The van der Waals surface area contributed by atoms with Gasteiger partial charge in [-0.1, -0.05) is 78.4 Å². The summed E-state index contributed by atoms with van der Waals surface area (Å²) in [7, 11) is 5.13. The summed E-state index contributed by atoms with van der Waals surface area (Å²) < 4.78 is 25.9. The van der Waals surface area contributed by atoms with Crippen LogP contribution in [0.3, 0.4) is 0 Å². The van der Waals surface area contributed by atoms with E-state index in [1.54, 1.807) is 32.4 Å². The number of carbonyl (C=O) groups is 2. The fourth-order valence-corrected chi connectivity index (χ4v) is 4.67. The SMILES string of the molecule is CC.CCCCCC/C=C(\CN(C)COC(=O)N(C)c1ncccc1COC(=O)CNC)c1nsnc1OCCCCCC. The number of rotatable bonds is 21. The fourth-order valence-electron chi connectivity index (χ4n) is 4.14. The van der Waals surface area contributed by atoms with Crippen LogP contribution in [0.4, 0.5) is 10.6 Å². The van der Waals surface area contributed by atoms with E-state index in [9.17, 15) is 9.59 Å². The topological polar surface area (TPSA) is 119 Å². The van der Waals surface area contributed by atoms with E-state index in [4.69, 9.17) is 14.2 Å². The molecule has 1 N–H and O–H groups in total.